The van der Waals surface area contributed by atoms with Crippen molar-refractivity contribution in [2.75, 3.05) is 32.1 Å². The molecular formula is C11H20N2O3S. The quantitative estimate of drug-likeness (QED) is 0.825. The van der Waals surface area contributed by atoms with Crippen LogP contribution in [0.15, 0.2) is 0 Å². The second kappa shape index (κ2) is 6.14. The van der Waals surface area contributed by atoms with Crippen molar-refractivity contribution in [3.05, 3.63) is 0 Å². The van der Waals surface area contributed by atoms with E-state index in [9.17, 15) is 9.59 Å². The molecule has 1 rings (SSSR count). The van der Waals surface area contributed by atoms with Crippen molar-refractivity contribution in [2.24, 2.45) is 5.92 Å². The van der Waals surface area contributed by atoms with E-state index in [1.165, 1.54) is 4.90 Å². The van der Waals surface area contributed by atoms with Crippen molar-refractivity contribution in [2.45, 2.75) is 19.4 Å². The smallest absolute Gasteiger partial charge is 0.326 e. The molecule has 2 atom stereocenters. The Morgan fingerprint density at radius 1 is 1.53 bits per heavy atom. The van der Waals surface area contributed by atoms with E-state index in [0.29, 0.717) is 13.1 Å². The summed E-state index contributed by atoms with van der Waals surface area (Å²) in [5.41, 5.74) is 0. The van der Waals surface area contributed by atoms with Gasteiger partial charge in [-0.1, -0.05) is 6.92 Å². The highest BCUT2D eigenvalue weighted by molar-refractivity contribution is 7.98. The molecule has 0 bridgehead atoms. The lowest BCUT2D eigenvalue weighted by Gasteiger charge is -2.28. The average Bonchev–Trinajstić information content (AvgIpc) is 2.66. The summed E-state index contributed by atoms with van der Waals surface area (Å²) in [6, 6.07) is -0.838. The van der Waals surface area contributed by atoms with Gasteiger partial charge in [-0.05, 0) is 18.6 Å². The molecule has 0 radical (unpaired) electrons. The zero-order valence-corrected chi connectivity index (χ0v) is 11.4. The van der Waals surface area contributed by atoms with Crippen LogP contribution in [0.1, 0.15) is 13.3 Å². The number of hydrogen-bond donors (Lipinski definition) is 1. The second-order valence-electron chi connectivity index (χ2n) is 4.44. The molecule has 1 heterocycles. The summed E-state index contributed by atoms with van der Waals surface area (Å²) in [6.45, 7) is 3.08. The first-order valence-electron chi connectivity index (χ1n) is 5.72. The van der Waals surface area contributed by atoms with Gasteiger partial charge in [-0.15, -0.1) is 0 Å². The molecule has 2 amide bonds. The minimum Gasteiger partial charge on any atom is -0.480 e. The summed E-state index contributed by atoms with van der Waals surface area (Å²) in [5, 5.41) is 9.14. The normalized spacial score (nSPS) is 23.8. The number of nitrogens with zero attached hydrogens (tertiary/aromatic N) is 2. The van der Waals surface area contributed by atoms with Crippen LogP contribution in [0.4, 0.5) is 4.79 Å². The Morgan fingerprint density at radius 2 is 2.18 bits per heavy atom. The molecular weight excluding hydrogens is 240 g/mol. The molecule has 1 aliphatic heterocycles. The molecule has 1 aliphatic rings. The predicted octanol–water partition coefficient (Wildman–Crippen LogP) is 1.20. The van der Waals surface area contributed by atoms with Gasteiger partial charge in [-0.25, -0.2) is 9.59 Å². The zero-order valence-electron chi connectivity index (χ0n) is 10.5. The van der Waals surface area contributed by atoms with Gasteiger partial charge in [0.25, 0.3) is 0 Å². The Kier molecular flexibility index (Phi) is 5.11. The summed E-state index contributed by atoms with van der Waals surface area (Å²) in [6.07, 6.45) is 2.75. The number of thioether (sulfide) groups is 1. The first-order chi connectivity index (χ1) is 7.99. The third-order valence-electron chi connectivity index (χ3n) is 3.16. The van der Waals surface area contributed by atoms with Crippen molar-refractivity contribution < 1.29 is 14.7 Å². The number of amides is 2. The Balaban J connectivity index is 2.65. The topological polar surface area (TPSA) is 60.9 Å². The van der Waals surface area contributed by atoms with Gasteiger partial charge in [0.1, 0.15) is 6.04 Å². The molecule has 1 N–H and O–H groups in total. The summed E-state index contributed by atoms with van der Waals surface area (Å²) < 4.78 is 0. The third-order valence-corrected chi connectivity index (χ3v) is 3.75. The van der Waals surface area contributed by atoms with E-state index >= 15 is 0 Å². The number of carboxylic acid groups (broad SMARTS) is 1. The van der Waals surface area contributed by atoms with Gasteiger partial charge < -0.3 is 14.9 Å². The zero-order chi connectivity index (χ0) is 13.0. The number of carbonyl (C=O) groups excluding carboxylic acids is 1. The fourth-order valence-electron chi connectivity index (χ4n) is 2.08. The lowest BCUT2D eigenvalue weighted by Crippen LogP contribution is -2.48. The molecule has 5 nitrogen and oxygen atoms in total. The Bertz CT molecular complexity index is 298. The highest BCUT2D eigenvalue weighted by Crippen LogP contribution is 2.25. The van der Waals surface area contributed by atoms with Crippen LogP contribution in [0.2, 0.25) is 0 Å². The van der Waals surface area contributed by atoms with Crippen molar-refractivity contribution >= 4 is 23.8 Å². The lowest BCUT2D eigenvalue weighted by molar-refractivity contribution is -0.142. The van der Waals surface area contributed by atoms with Gasteiger partial charge in [-0.2, -0.15) is 11.8 Å². The highest BCUT2D eigenvalue weighted by atomic mass is 32.2. The minimum atomic E-state index is -0.901. The van der Waals surface area contributed by atoms with E-state index < -0.39 is 12.0 Å². The van der Waals surface area contributed by atoms with Crippen LogP contribution in [0.5, 0.6) is 0 Å². The maximum Gasteiger partial charge on any atom is 0.326 e. The Labute approximate surface area is 106 Å². The summed E-state index contributed by atoms with van der Waals surface area (Å²) >= 11 is 1.67. The predicted molar refractivity (Wildman–Crippen MR) is 68.3 cm³/mol. The largest absolute Gasteiger partial charge is 0.480 e. The maximum atomic E-state index is 12.1. The molecule has 0 aromatic rings. The third kappa shape index (κ3) is 3.28. The van der Waals surface area contributed by atoms with Gasteiger partial charge in [0.2, 0.25) is 0 Å². The molecule has 98 valence electrons. The molecule has 6 heteroatoms. The second-order valence-corrected chi connectivity index (χ2v) is 5.42. The van der Waals surface area contributed by atoms with E-state index in [0.717, 1.165) is 12.2 Å². The molecule has 0 aromatic carbocycles. The van der Waals surface area contributed by atoms with Gasteiger partial charge in [-0.3, -0.25) is 0 Å². The fraction of sp³-hybridized carbons (Fsp3) is 0.818. The van der Waals surface area contributed by atoms with Crippen molar-refractivity contribution in [3.8, 4) is 0 Å². The highest BCUT2D eigenvalue weighted by Gasteiger charge is 2.40. The summed E-state index contributed by atoms with van der Waals surface area (Å²) in [7, 11) is 1.72. The molecule has 1 saturated heterocycles. The molecule has 2 unspecified atom stereocenters. The molecule has 0 spiro atoms. The number of carboxylic acids is 1. The van der Waals surface area contributed by atoms with Gasteiger partial charge in [0, 0.05) is 25.9 Å². The number of hydrogen-bond acceptors (Lipinski definition) is 3. The monoisotopic (exact) mass is 260 g/mol. The van der Waals surface area contributed by atoms with Crippen LogP contribution < -0.4 is 0 Å². The van der Waals surface area contributed by atoms with Gasteiger partial charge in [0.05, 0.1) is 0 Å². The van der Waals surface area contributed by atoms with Crippen molar-refractivity contribution in [3.63, 3.8) is 0 Å². The van der Waals surface area contributed by atoms with Crippen LogP contribution in [0.25, 0.3) is 0 Å². The van der Waals surface area contributed by atoms with E-state index in [1.807, 2.05) is 13.2 Å². The van der Waals surface area contributed by atoms with Crippen LogP contribution in [-0.4, -0.2) is 65.1 Å². The molecule has 1 fully saturated rings. The summed E-state index contributed by atoms with van der Waals surface area (Å²) in [5.74, 6) is -0.00405. The molecule has 17 heavy (non-hydrogen) atoms. The SMILES string of the molecule is CSCCN(C)C(=O)N1CCC(C)C1C(=O)O. The van der Waals surface area contributed by atoms with Crippen molar-refractivity contribution in [1.82, 2.24) is 9.80 Å². The van der Waals surface area contributed by atoms with Gasteiger partial charge in [0.15, 0.2) is 0 Å². The Morgan fingerprint density at radius 3 is 2.71 bits per heavy atom. The first-order valence-corrected chi connectivity index (χ1v) is 7.12. The van der Waals surface area contributed by atoms with Gasteiger partial charge >= 0.3 is 12.0 Å². The lowest BCUT2D eigenvalue weighted by atomic mass is 10.0. The van der Waals surface area contributed by atoms with E-state index in [-0.39, 0.29) is 11.9 Å². The number of urea groups is 1. The molecule has 0 saturated carbocycles. The fourth-order valence-corrected chi connectivity index (χ4v) is 2.54. The van der Waals surface area contributed by atoms with Crippen molar-refractivity contribution in [1.29, 1.82) is 0 Å². The number of likely N-dealkylation sites (tertiary alicyclic amines) is 1. The van der Waals surface area contributed by atoms with E-state index in [4.69, 9.17) is 5.11 Å². The Hall–Kier alpha value is -0.910. The van der Waals surface area contributed by atoms with Crippen LogP contribution in [0, 0.1) is 5.92 Å². The number of carbonyl (C=O) groups is 2. The maximum absolute atomic E-state index is 12.1. The first kappa shape index (κ1) is 14.2. The van der Waals surface area contributed by atoms with E-state index in [2.05, 4.69) is 0 Å². The summed E-state index contributed by atoms with van der Waals surface area (Å²) in [4.78, 5) is 26.3. The molecule has 0 aliphatic carbocycles. The van der Waals surface area contributed by atoms with Crippen LogP contribution in [0.3, 0.4) is 0 Å². The molecule has 0 aromatic heterocycles. The van der Waals surface area contributed by atoms with E-state index in [1.54, 1.807) is 23.7 Å². The number of aliphatic carboxylic acids is 1. The minimum absolute atomic E-state index is 0.0328. The van der Waals surface area contributed by atoms with Crippen LogP contribution in [-0.2, 0) is 4.79 Å². The standard InChI is InChI=1S/C11H20N2O3S/c1-8-4-5-13(9(8)10(14)15)11(16)12(2)6-7-17-3/h8-9H,4-7H2,1-3H3,(H,14,15). The average molecular weight is 260 g/mol. The number of rotatable bonds is 4. The van der Waals surface area contributed by atoms with Crippen LogP contribution >= 0.6 is 11.8 Å².